The lowest BCUT2D eigenvalue weighted by atomic mass is 10.1. The molecule has 0 fully saturated rings. The van der Waals surface area contributed by atoms with Crippen molar-refractivity contribution < 1.29 is 18.5 Å². The van der Waals surface area contributed by atoms with Crippen LogP contribution in [-0.4, -0.2) is 21.9 Å². The van der Waals surface area contributed by atoms with Crippen LogP contribution in [0.3, 0.4) is 0 Å². The summed E-state index contributed by atoms with van der Waals surface area (Å²) in [5.74, 6) is -0.510. The van der Waals surface area contributed by atoms with Gasteiger partial charge in [-0.15, -0.1) is 0 Å². The first kappa shape index (κ1) is 23.9. The third kappa shape index (κ3) is 6.41. The van der Waals surface area contributed by atoms with Crippen LogP contribution in [-0.2, 0) is 19.6 Å². The van der Waals surface area contributed by atoms with E-state index in [4.69, 9.17) is 4.52 Å². The Morgan fingerprint density at radius 2 is 1.46 bits per heavy atom. The fraction of sp³-hybridized carbons (Fsp3) is 0.179. The zero-order chi connectivity index (χ0) is 24.8. The van der Waals surface area contributed by atoms with Crippen molar-refractivity contribution in [2.75, 3.05) is 0 Å². The average Bonchev–Trinajstić information content (AvgIpc) is 3.33. The van der Waals surface area contributed by atoms with Gasteiger partial charge in [0.1, 0.15) is 5.82 Å². The van der Waals surface area contributed by atoms with Gasteiger partial charge in [0.15, 0.2) is 11.5 Å². The zero-order valence-electron chi connectivity index (χ0n) is 19.6. The Kier molecular flexibility index (Phi) is 7.35. The molecule has 0 spiro atoms. The fourth-order valence-corrected chi connectivity index (χ4v) is 3.55. The summed E-state index contributed by atoms with van der Waals surface area (Å²) in [6, 6.07) is 22.8. The molecule has 0 saturated heterocycles. The first-order valence-corrected chi connectivity index (χ1v) is 11.3. The summed E-state index contributed by atoms with van der Waals surface area (Å²) < 4.78 is 18.4. The Labute approximate surface area is 203 Å². The standard InChI is InChI=1S/C28H26FN3O3/c1-19-3-7-22(8-4-19)17-32(28(34)23-11-5-20(2)6-12-23)18-25-15-26(31-35-25)27(33)30-16-21-9-13-24(29)14-10-21/h3-15H,16-18H2,1-2H3,(H,30,33). The molecule has 35 heavy (non-hydrogen) atoms. The molecule has 4 aromatic rings. The highest BCUT2D eigenvalue weighted by Gasteiger charge is 2.20. The third-order valence-electron chi connectivity index (χ3n) is 5.58. The maximum absolute atomic E-state index is 13.3. The van der Waals surface area contributed by atoms with Gasteiger partial charge >= 0.3 is 0 Å². The number of benzene rings is 3. The minimum Gasteiger partial charge on any atom is -0.359 e. The molecule has 3 aromatic carbocycles. The van der Waals surface area contributed by atoms with Crippen molar-refractivity contribution in [1.29, 1.82) is 0 Å². The highest BCUT2D eigenvalue weighted by Crippen LogP contribution is 2.16. The first-order valence-electron chi connectivity index (χ1n) is 11.3. The van der Waals surface area contributed by atoms with Gasteiger partial charge in [-0.3, -0.25) is 9.59 Å². The molecule has 0 aliphatic carbocycles. The molecule has 0 atom stereocenters. The first-order chi connectivity index (χ1) is 16.9. The lowest BCUT2D eigenvalue weighted by Crippen LogP contribution is -2.30. The predicted octanol–water partition coefficient (Wildman–Crippen LogP) is 5.20. The third-order valence-corrected chi connectivity index (χ3v) is 5.58. The van der Waals surface area contributed by atoms with Gasteiger partial charge in [0, 0.05) is 24.7 Å². The molecular formula is C28H26FN3O3. The smallest absolute Gasteiger partial charge is 0.273 e. The largest absolute Gasteiger partial charge is 0.359 e. The van der Waals surface area contributed by atoms with E-state index in [9.17, 15) is 14.0 Å². The molecule has 2 amide bonds. The molecule has 0 saturated carbocycles. The number of carbonyl (C=O) groups excluding carboxylic acids is 2. The Bertz CT molecular complexity index is 1300. The second-order valence-electron chi connectivity index (χ2n) is 8.50. The van der Waals surface area contributed by atoms with Crippen LogP contribution < -0.4 is 5.32 Å². The maximum atomic E-state index is 13.3. The van der Waals surface area contributed by atoms with E-state index in [-0.39, 0.29) is 30.5 Å². The fourth-order valence-electron chi connectivity index (χ4n) is 3.55. The van der Waals surface area contributed by atoms with Crippen molar-refractivity contribution in [1.82, 2.24) is 15.4 Å². The van der Waals surface area contributed by atoms with Crippen LogP contribution >= 0.6 is 0 Å². The summed E-state index contributed by atoms with van der Waals surface area (Å²) in [6.07, 6.45) is 0. The molecule has 7 heteroatoms. The van der Waals surface area contributed by atoms with Crippen LogP contribution in [0.15, 0.2) is 83.4 Å². The molecule has 1 N–H and O–H groups in total. The van der Waals surface area contributed by atoms with Gasteiger partial charge in [0.05, 0.1) is 6.54 Å². The van der Waals surface area contributed by atoms with E-state index in [0.717, 1.165) is 22.3 Å². The van der Waals surface area contributed by atoms with Crippen molar-refractivity contribution in [3.05, 3.63) is 124 Å². The zero-order valence-corrected chi connectivity index (χ0v) is 19.6. The molecular weight excluding hydrogens is 445 g/mol. The predicted molar refractivity (Wildman–Crippen MR) is 130 cm³/mol. The Morgan fingerprint density at radius 1 is 0.857 bits per heavy atom. The van der Waals surface area contributed by atoms with Crippen LogP contribution in [0, 0.1) is 19.7 Å². The number of aromatic nitrogens is 1. The van der Waals surface area contributed by atoms with Crippen molar-refractivity contribution >= 4 is 11.8 Å². The summed E-state index contributed by atoms with van der Waals surface area (Å²) in [6.45, 7) is 4.73. The molecule has 0 aliphatic rings. The van der Waals surface area contributed by atoms with E-state index in [1.165, 1.54) is 18.2 Å². The molecule has 0 unspecified atom stereocenters. The summed E-state index contributed by atoms with van der Waals surface area (Å²) in [5.41, 5.74) is 4.62. The molecule has 6 nitrogen and oxygen atoms in total. The molecule has 0 bridgehead atoms. The van der Waals surface area contributed by atoms with Crippen LogP contribution in [0.2, 0.25) is 0 Å². The summed E-state index contributed by atoms with van der Waals surface area (Å²) >= 11 is 0. The normalized spacial score (nSPS) is 10.7. The lowest BCUT2D eigenvalue weighted by Gasteiger charge is -2.22. The Hall–Kier alpha value is -4.26. The average molecular weight is 472 g/mol. The highest BCUT2D eigenvalue weighted by molar-refractivity contribution is 5.94. The van der Waals surface area contributed by atoms with Gasteiger partial charge in [-0.05, 0) is 49.2 Å². The topological polar surface area (TPSA) is 75.4 Å². The van der Waals surface area contributed by atoms with Gasteiger partial charge < -0.3 is 14.7 Å². The number of nitrogens with zero attached hydrogens (tertiary/aromatic N) is 2. The second-order valence-corrected chi connectivity index (χ2v) is 8.50. The molecule has 178 valence electrons. The Balaban J connectivity index is 1.47. The van der Waals surface area contributed by atoms with Gasteiger partial charge in [-0.2, -0.15) is 0 Å². The van der Waals surface area contributed by atoms with E-state index in [1.807, 2.05) is 50.2 Å². The summed E-state index contributed by atoms with van der Waals surface area (Å²) in [7, 11) is 0. The van der Waals surface area contributed by atoms with Gasteiger partial charge in [0.2, 0.25) is 0 Å². The number of halogens is 1. The lowest BCUT2D eigenvalue weighted by molar-refractivity contribution is 0.0713. The second kappa shape index (κ2) is 10.8. The number of hydrogen-bond acceptors (Lipinski definition) is 4. The monoisotopic (exact) mass is 471 g/mol. The minimum atomic E-state index is -0.417. The van der Waals surface area contributed by atoms with Gasteiger partial charge in [-0.1, -0.05) is 64.8 Å². The van der Waals surface area contributed by atoms with Crippen molar-refractivity contribution in [2.24, 2.45) is 0 Å². The number of hydrogen-bond donors (Lipinski definition) is 1. The van der Waals surface area contributed by atoms with Crippen LogP contribution in [0.5, 0.6) is 0 Å². The van der Waals surface area contributed by atoms with Crippen LogP contribution in [0.1, 0.15) is 48.9 Å². The number of carbonyl (C=O) groups is 2. The summed E-state index contributed by atoms with van der Waals surface area (Å²) in [4.78, 5) is 27.5. The molecule has 0 aliphatic heterocycles. The van der Waals surface area contributed by atoms with E-state index in [1.54, 1.807) is 29.2 Å². The van der Waals surface area contributed by atoms with E-state index in [2.05, 4.69) is 10.5 Å². The number of nitrogens with one attached hydrogen (secondary N) is 1. The number of aryl methyl sites for hydroxylation is 2. The molecule has 1 aromatic heterocycles. The number of rotatable bonds is 8. The number of amides is 2. The SMILES string of the molecule is Cc1ccc(CN(Cc2cc(C(=O)NCc3ccc(F)cc3)no2)C(=O)c2ccc(C)cc2)cc1. The van der Waals surface area contributed by atoms with Gasteiger partial charge in [0.25, 0.3) is 11.8 Å². The van der Waals surface area contributed by atoms with Crippen molar-refractivity contribution in [3.8, 4) is 0 Å². The van der Waals surface area contributed by atoms with Crippen LogP contribution in [0.4, 0.5) is 4.39 Å². The summed E-state index contributed by atoms with van der Waals surface area (Å²) in [5, 5.41) is 6.61. The quantitative estimate of drug-likeness (QED) is 0.383. The highest BCUT2D eigenvalue weighted by atomic mass is 19.1. The van der Waals surface area contributed by atoms with E-state index in [0.29, 0.717) is 17.9 Å². The maximum Gasteiger partial charge on any atom is 0.273 e. The van der Waals surface area contributed by atoms with Gasteiger partial charge in [-0.25, -0.2) is 4.39 Å². The van der Waals surface area contributed by atoms with E-state index >= 15 is 0 Å². The van der Waals surface area contributed by atoms with Crippen molar-refractivity contribution in [3.63, 3.8) is 0 Å². The van der Waals surface area contributed by atoms with Crippen LogP contribution in [0.25, 0.3) is 0 Å². The van der Waals surface area contributed by atoms with Crippen molar-refractivity contribution in [2.45, 2.75) is 33.5 Å². The Morgan fingerprint density at radius 3 is 2.11 bits per heavy atom. The van der Waals surface area contributed by atoms with E-state index < -0.39 is 5.91 Å². The minimum absolute atomic E-state index is 0.111. The molecule has 1 heterocycles. The molecule has 4 rings (SSSR count). The molecule has 0 radical (unpaired) electrons.